The van der Waals surface area contributed by atoms with Crippen molar-refractivity contribution in [2.24, 2.45) is 0 Å². The van der Waals surface area contributed by atoms with Gasteiger partial charge in [-0.05, 0) is 12.5 Å². The minimum Gasteiger partial charge on any atom is -0.383 e. The highest BCUT2D eigenvalue weighted by Crippen LogP contribution is 2.16. The lowest BCUT2D eigenvalue weighted by Gasteiger charge is -2.06. The summed E-state index contributed by atoms with van der Waals surface area (Å²) in [5.41, 5.74) is 0.814. The molecule has 0 heterocycles. The lowest BCUT2D eigenvalue weighted by molar-refractivity contribution is -0.384. The second-order valence-electron chi connectivity index (χ2n) is 3.42. The molecule has 0 atom stereocenters. The highest BCUT2D eigenvalue weighted by molar-refractivity contribution is 5.50. The molecule has 1 aromatic rings. The number of hydrogen-bond acceptors (Lipinski definition) is 4. The summed E-state index contributed by atoms with van der Waals surface area (Å²) in [7, 11) is 0. The van der Waals surface area contributed by atoms with Crippen LogP contribution in [-0.4, -0.2) is 24.7 Å². The molecule has 0 aromatic heterocycles. The second-order valence-corrected chi connectivity index (χ2v) is 3.42. The van der Waals surface area contributed by atoms with E-state index in [2.05, 4.69) is 11.9 Å². The Bertz CT molecular complexity index is 380. The number of nitro groups is 1. The third-order valence-corrected chi connectivity index (χ3v) is 2.10. The van der Waals surface area contributed by atoms with E-state index in [4.69, 9.17) is 4.74 Å². The molecule has 0 bridgehead atoms. The van der Waals surface area contributed by atoms with E-state index in [9.17, 15) is 10.1 Å². The van der Waals surface area contributed by atoms with Crippen molar-refractivity contribution in [3.63, 3.8) is 0 Å². The lowest BCUT2D eigenvalue weighted by atomic mass is 10.3. The monoisotopic (exact) mass is 236 g/mol. The molecule has 17 heavy (non-hydrogen) atoms. The molecule has 0 amide bonds. The third-order valence-electron chi connectivity index (χ3n) is 2.10. The molecule has 5 heteroatoms. The Balaban J connectivity index is 2.29. The van der Waals surface area contributed by atoms with Crippen LogP contribution < -0.4 is 5.32 Å². The van der Waals surface area contributed by atoms with E-state index in [0.717, 1.165) is 12.1 Å². The van der Waals surface area contributed by atoms with Gasteiger partial charge < -0.3 is 10.1 Å². The SMILES string of the molecule is C=CCCOCCNc1cccc([N+](=O)[O-])c1. The van der Waals surface area contributed by atoms with E-state index in [-0.39, 0.29) is 5.69 Å². The van der Waals surface area contributed by atoms with Gasteiger partial charge in [-0.15, -0.1) is 6.58 Å². The van der Waals surface area contributed by atoms with Gasteiger partial charge in [0, 0.05) is 24.4 Å². The molecule has 0 saturated carbocycles. The van der Waals surface area contributed by atoms with Gasteiger partial charge in [0.05, 0.1) is 18.1 Å². The number of ether oxygens (including phenoxy) is 1. The zero-order valence-electron chi connectivity index (χ0n) is 9.59. The highest BCUT2D eigenvalue weighted by Gasteiger charge is 2.04. The van der Waals surface area contributed by atoms with E-state index < -0.39 is 4.92 Å². The first-order valence-corrected chi connectivity index (χ1v) is 5.41. The van der Waals surface area contributed by atoms with Gasteiger partial charge in [-0.3, -0.25) is 10.1 Å². The topological polar surface area (TPSA) is 64.4 Å². The van der Waals surface area contributed by atoms with E-state index in [0.29, 0.717) is 19.8 Å². The molecular formula is C12H16N2O3. The zero-order chi connectivity index (χ0) is 12.5. The van der Waals surface area contributed by atoms with Crippen LogP contribution in [0.2, 0.25) is 0 Å². The first-order chi connectivity index (χ1) is 8.24. The van der Waals surface area contributed by atoms with Crippen LogP contribution in [-0.2, 0) is 4.74 Å². The first kappa shape index (κ1) is 13.2. The van der Waals surface area contributed by atoms with Crippen LogP contribution in [0.15, 0.2) is 36.9 Å². The number of rotatable bonds is 8. The van der Waals surface area contributed by atoms with Gasteiger partial charge in [0.15, 0.2) is 0 Å². The molecule has 0 aliphatic heterocycles. The molecule has 0 aliphatic carbocycles. The van der Waals surface area contributed by atoms with Crippen molar-refractivity contribution in [1.82, 2.24) is 0 Å². The van der Waals surface area contributed by atoms with Crippen LogP contribution in [0.4, 0.5) is 11.4 Å². The molecule has 5 nitrogen and oxygen atoms in total. The van der Waals surface area contributed by atoms with Crippen molar-refractivity contribution in [3.05, 3.63) is 47.0 Å². The zero-order valence-corrected chi connectivity index (χ0v) is 9.59. The Kier molecular flexibility index (Phi) is 5.74. The predicted molar refractivity (Wildman–Crippen MR) is 67.2 cm³/mol. The molecular weight excluding hydrogens is 220 g/mol. The summed E-state index contributed by atoms with van der Waals surface area (Å²) in [6.07, 6.45) is 2.63. The van der Waals surface area contributed by atoms with Gasteiger partial charge in [0.2, 0.25) is 0 Å². The Morgan fingerprint density at radius 1 is 1.47 bits per heavy atom. The smallest absolute Gasteiger partial charge is 0.271 e. The Morgan fingerprint density at radius 2 is 2.29 bits per heavy atom. The molecule has 92 valence electrons. The van der Waals surface area contributed by atoms with E-state index in [1.807, 2.05) is 0 Å². The second kappa shape index (κ2) is 7.40. The van der Waals surface area contributed by atoms with Gasteiger partial charge >= 0.3 is 0 Å². The Labute approximate surface area is 100 Å². The summed E-state index contributed by atoms with van der Waals surface area (Å²) in [4.78, 5) is 10.1. The molecule has 0 fully saturated rings. The predicted octanol–water partition coefficient (Wildman–Crippen LogP) is 2.60. The highest BCUT2D eigenvalue weighted by atomic mass is 16.6. The maximum absolute atomic E-state index is 10.5. The van der Waals surface area contributed by atoms with Gasteiger partial charge in [-0.2, -0.15) is 0 Å². The molecule has 1 aromatic carbocycles. The van der Waals surface area contributed by atoms with E-state index in [1.165, 1.54) is 12.1 Å². The Hall–Kier alpha value is -1.88. The number of benzene rings is 1. The lowest BCUT2D eigenvalue weighted by Crippen LogP contribution is -2.09. The van der Waals surface area contributed by atoms with Gasteiger partial charge in [0.25, 0.3) is 5.69 Å². The van der Waals surface area contributed by atoms with Crippen molar-refractivity contribution in [2.75, 3.05) is 25.1 Å². The number of nitrogens with zero attached hydrogens (tertiary/aromatic N) is 1. The summed E-state index contributed by atoms with van der Waals surface area (Å²) in [5.74, 6) is 0. The van der Waals surface area contributed by atoms with Crippen molar-refractivity contribution >= 4 is 11.4 Å². The van der Waals surface area contributed by atoms with Crippen molar-refractivity contribution in [1.29, 1.82) is 0 Å². The molecule has 0 spiro atoms. The fourth-order valence-corrected chi connectivity index (χ4v) is 1.27. The van der Waals surface area contributed by atoms with Gasteiger partial charge in [0.1, 0.15) is 0 Å². The summed E-state index contributed by atoms with van der Waals surface area (Å²) >= 11 is 0. The maximum atomic E-state index is 10.5. The van der Waals surface area contributed by atoms with Crippen LogP contribution in [0.25, 0.3) is 0 Å². The van der Waals surface area contributed by atoms with Crippen LogP contribution >= 0.6 is 0 Å². The number of hydrogen-bond donors (Lipinski definition) is 1. The quantitative estimate of drug-likeness (QED) is 0.326. The average molecular weight is 236 g/mol. The molecule has 0 saturated heterocycles. The fourth-order valence-electron chi connectivity index (χ4n) is 1.27. The van der Waals surface area contributed by atoms with Crippen LogP contribution in [0.1, 0.15) is 6.42 Å². The van der Waals surface area contributed by atoms with Crippen molar-refractivity contribution in [2.45, 2.75) is 6.42 Å². The number of nitro benzene ring substituents is 1. The molecule has 0 unspecified atom stereocenters. The van der Waals surface area contributed by atoms with Crippen molar-refractivity contribution in [3.8, 4) is 0 Å². The fraction of sp³-hybridized carbons (Fsp3) is 0.333. The van der Waals surface area contributed by atoms with E-state index in [1.54, 1.807) is 18.2 Å². The Morgan fingerprint density at radius 3 is 3.00 bits per heavy atom. The summed E-state index contributed by atoms with van der Waals surface area (Å²) in [5, 5.41) is 13.6. The third kappa shape index (κ3) is 5.12. The first-order valence-electron chi connectivity index (χ1n) is 5.41. The maximum Gasteiger partial charge on any atom is 0.271 e. The standard InChI is InChI=1S/C12H16N2O3/c1-2-3-8-17-9-7-13-11-5-4-6-12(10-11)14(15)16/h2,4-6,10,13H,1,3,7-9H2. The van der Waals surface area contributed by atoms with Crippen molar-refractivity contribution < 1.29 is 9.66 Å². The largest absolute Gasteiger partial charge is 0.383 e. The molecule has 0 radical (unpaired) electrons. The normalized spacial score (nSPS) is 9.88. The molecule has 1 rings (SSSR count). The summed E-state index contributed by atoms with van der Waals surface area (Å²) in [6, 6.07) is 6.41. The van der Waals surface area contributed by atoms with Crippen LogP contribution in [0.5, 0.6) is 0 Å². The molecule has 0 aliphatic rings. The minimum absolute atomic E-state index is 0.0857. The van der Waals surface area contributed by atoms with Crippen LogP contribution in [0, 0.1) is 10.1 Å². The molecule has 1 N–H and O–H groups in total. The number of nitrogens with one attached hydrogen (secondary N) is 1. The minimum atomic E-state index is -0.411. The van der Waals surface area contributed by atoms with Crippen LogP contribution in [0.3, 0.4) is 0 Å². The average Bonchev–Trinajstić information content (AvgIpc) is 2.34. The van der Waals surface area contributed by atoms with Gasteiger partial charge in [-0.25, -0.2) is 0 Å². The summed E-state index contributed by atoms with van der Waals surface area (Å²) < 4.78 is 5.31. The van der Waals surface area contributed by atoms with Gasteiger partial charge in [-0.1, -0.05) is 12.1 Å². The number of non-ortho nitro benzene ring substituents is 1. The number of anilines is 1. The summed E-state index contributed by atoms with van der Waals surface area (Å²) in [6.45, 7) is 5.44. The van der Waals surface area contributed by atoms with E-state index >= 15 is 0 Å².